The van der Waals surface area contributed by atoms with Gasteiger partial charge in [-0.05, 0) is 43.8 Å². The molecular weight excluding hydrogens is 386 g/mol. The molecule has 29 heavy (non-hydrogen) atoms. The molecule has 0 fully saturated rings. The van der Waals surface area contributed by atoms with E-state index >= 15 is 0 Å². The Labute approximate surface area is 174 Å². The second-order valence-electron chi connectivity index (χ2n) is 6.90. The third-order valence-corrected chi connectivity index (χ3v) is 4.70. The van der Waals surface area contributed by atoms with Crippen LogP contribution < -0.4 is 10.6 Å². The van der Waals surface area contributed by atoms with E-state index in [-0.39, 0.29) is 18.2 Å². The lowest BCUT2D eigenvalue weighted by Crippen LogP contribution is -2.17. The van der Waals surface area contributed by atoms with E-state index < -0.39 is 0 Å². The van der Waals surface area contributed by atoms with Gasteiger partial charge in [-0.1, -0.05) is 35.9 Å². The number of anilines is 2. The summed E-state index contributed by atoms with van der Waals surface area (Å²) in [7, 11) is 0. The SMILES string of the molecule is CC(=O)Nc1ccc(C)cc1NC(=O)CCn1c(-c2ccc(C)cc2)n[nH]c1=S. The summed E-state index contributed by atoms with van der Waals surface area (Å²) in [5, 5.41) is 12.7. The minimum atomic E-state index is -0.197. The second-order valence-corrected chi connectivity index (χ2v) is 7.29. The van der Waals surface area contributed by atoms with Gasteiger partial charge in [0.15, 0.2) is 10.6 Å². The highest BCUT2D eigenvalue weighted by Crippen LogP contribution is 2.24. The lowest BCUT2D eigenvalue weighted by Gasteiger charge is -2.13. The smallest absolute Gasteiger partial charge is 0.226 e. The largest absolute Gasteiger partial charge is 0.325 e. The fourth-order valence-corrected chi connectivity index (χ4v) is 3.16. The number of aromatic amines is 1. The molecule has 0 saturated carbocycles. The predicted molar refractivity (Wildman–Crippen MR) is 116 cm³/mol. The van der Waals surface area contributed by atoms with Crippen LogP contribution in [0.25, 0.3) is 11.4 Å². The van der Waals surface area contributed by atoms with Crippen LogP contribution in [0.4, 0.5) is 11.4 Å². The van der Waals surface area contributed by atoms with Gasteiger partial charge in [-0.25, -0.2) is 0 Å². The normalized spacial score (nSPS) is 10.6. The summed E-state index contributed by atoms with van der Waals surface area (Å²) < 4.78 is 2.27. The van der Waals surface area contributed by atoms with Gasteiger partial charge in [-0.2, -0.15) is 5.10 Å². The fourth-order valence-electron chi connectivity index (χ4n) is 2.93. The van der Waals surface area contributed by atoms with Crippen molar-refractivity contribution < 1.29 is 9.59 Å². The lowest BCUT2D eigenvalue weighted by atomic mass is 10.1. The molecule has 8 heteroatoms. The molecule has 0 radical (unpaired) electrons. The van der Waals surface area contributed by atoms with Gasteiger partial charge in [0, 0.05) is 25.5 Å². The number of H-pyrrole nitrogens is 1. The molecule has 0 aliphatic heterocycles. The fraction of sp³-hybridized carbons (Fsp3) is 0.238. The summed E-state index contributed by atoms with van der Waals surface area (Å²) in [6.07, 6.45) is 0.208. The number of nitrogens with zero attached hydrogens (tertiary/aromatic N) is 2. The zero-order chi connectivity index (χ0) is 21.0. The van der Waals surface area contributed by atoms with Gasteiger partial charge in [-0.3, -0.25) is 19.3 Å². The van der Waals surface area contributed by atoms with Crippen LogP contribution in [0, 0.1) is 18.6 Å². The number of aromatic nitrogens is 3. The molecule has 150 valence electrons. The van der Waals surface area contributed by atoms with Crippen LogP contribution in [0.3, 0.4) is 0 Å². The number of nitrogens with one attached hydrogen (secondary N) is 3. The van der Waals surface area contributed by atoms with Gasteiger partial charge in [0.25, 0.3) is 0 Å². The Morgan fingerprint density at radius 1 is 1.03 bits per heavy atom. The number of aryl methyl sites for hydroxylation is 2. The molecule has 1 heterocycles. The van der Waals surface area contributed by atoms with Crippen molar-refractivity contribution in [3.63, 3.8) is 0 Å². The number of hydrogen-bond donors (Lipinski definition) is 3. The summed E-state index contributed by atoms with van der Waals surface area (Å²) >= 11 is 5.33. The molecule has 3 N–H and O–H groups in total. The van der Waals surface area contributed by atoms with Crippen LogP contribution in [0.5, 0.6) is 0 Å². The maximum atomic E-state index is 12.6. The molecule has 7 nitrogen and oxygen atoms in total. The first-order valence-electron chi connectivity index (χ1n) is 9.24. The van der Waals surface area contributed by atoms with E-state index in [0.717, 1.165) is 16.7 Å². The predicted octanol–water partition coefficient (Wildman–Crippen LogP) is 4.21. The summed E-state index contributed by atoms with van der Waals surface area (Å²) in [5.41, 5.74) is 4.20. The van der Waals surface area contributed by atoms with Gasteiger partial charge < -0.3 is 10.6 Å². The summed E-state index contributed by atoms with van der Waals surface area (Å²) in [6.45, 7) is 5.75. The summed E-state index contributed by atoms with van der Waals surface area (Å²) in [6, 6.07) is 13.4. The van der Waals surface area contributed by atoms with E-state index in [0.29, 0.717) is 28.5 Å². The molecule has 0 saturated heterocycles. The number of carbonyl (C=O) groups excluding carboxylic acids is 2. The molecule has 2 aromatic carbocycles. The minimum Gasteiger partial charge on any atom is -0.325 e. The Morgan fingerprint density at radius 2 is 1.72 bits per heavy atom. The van der Waals surface area contributed by atoms with E-state index in [4.69, 9.17) is 12.2 Å². The first-order chi connectivity index (χ1) is 13.8. The third kappa shape index (κ3) is 5.17. The Kier molecular flexibility index (Phi) is 6.23. The molecule has 0 bridgehead atoms. The first kappa shape index (κ1) is 20.5. The number of hydrogen-bond acceptors (Lipinski definition) is 4. The Hall–Kier alpha value is -3.26. The van der Waals surface area contributed by atoms with Crippen LogP contribution in [-0.4, -0.2) is 26.6 Å². The van der Waals surface area contributed by atoms with Crippen molar-refractivity contribution in [2.75, 3.05) is 10.6 Å². The van der Waals surface area contributed by atoms with Crippen LogP contribution in [0.15, 0.2) is 42.5 Å². The van der Waals surface area contributed by atoms with Crippen LogP contribution in [0.2, 0.25) is 0 Å². The highest BCUT2D eigenvalue weighted by Gasteiger charge is 2.12. The monoisotopic (exact) mass is 409 g/mol. The zero-order valence-electron chi connectivity index (χ0n) is 16.6. The minimum absolute atomic E-state index is 0.180. The molecule has 3 aromatic rings. The van der Waals surface area contributed by atoms with Crippen molar-refractivity contribution in [1.29, 1.82) is 0 Å². The van der Waals surface area contributed by atoms with Gasteiger partial charge in [0.1, 0.15) is 0 Å². The van der Waals surface area contributed by atoms with Gasteiger partial charge in [0.05, 0.1) is 11.4 Å². The third-order valence-electron chi connectivity index (χ3n) is 4.39. The Bertz CT molecular complexity index is 1100. The average molecular weight is 410 g/mol. The number of benzene rings is 2. The van der Waals surface area contributed by atoms with Crippen molar-refractivity contribution in [3.05, 3.63) is 58.4 Å². The molecular formula is C21H23N5O2S. The molecule has 3 rings (SSSR count). The standard InChI is InChI=1S/C21H23N5O2S/c1-13-4-7-16(8-5-13)20-24-25-21(29)26(20)11-10-19(28)23-18-12-14(2)6-9-17(18)22-15(3)27/h4-9,12H,10-11H2,1-3H3,(H,22,27)(H,23,28)(H,25,29). The topological polar surface area (TPSA) is 91.8 Å². The first-order valence-corrected chi connectivity index (χ1v) is 9.64. The highest BCUT2D eigenvalue weighted by atomic mass is 32.1. The summed E-state index contributed by atoms with van der Waals surface area (Å²) in [5.74, 6) is 0.314. The van der Waals surface area contributed by atoms with Gasteiger partial charge >= 0.3 is 0 Å². The van der Waals surface area contributed by atoms with Crippen molar-refractivity contribution in [2.45, 2.75) is 33.7 Å². The molecule has 1 aromatic heterocycles. The van der Waals surface area contributed by atoms with Crippen LogP contribution >= 0.6 is 12.2 Å². The van der Waals surface area contributed by atoms with Crippen molar-refractivity contribution in [3.8, 4) is 11.4 Å². The molecule has 0 spiro atoms. The number of amides is 2. The maximum absolute atomic E-state index is 12.6. The van der Waals surface area contributed by atoms with Crippen molar-refractivity contribution >= 4 is 35.4 Å². The second kappa shape index (κ2) is 8.83. The zero-order valence-corrected chi connectivity index (χ0v) is 17.4. The van der Waals surface area contributed by atoms with E-state index in [2.05, 4.69) is 20.8 Å². The van der Waals surface area contributed by atoms with E-state index in [1.807, 2.05) is 54.8 Å². The van der Waals surface area contributed by atoms with E-state index in [1.165, 1.54) is 6.92 Å². The van der Waals surface area contributed by atoms with Crippen molar-refractivity contribution in [2.24, 2.45) is 0 Å². The summed E-state index contributed by atoms with van der Waals surface area (Å²) in [4.78, 5) is 24.0. The van der Waals surface area contributed by atoms with E-state index in [1.54, 1.807) is 6.07 Å². The van der Waals surface area contributed by atoms with E-state index in [9.17, 15) is 9.59 Å². The van der Waals surface area contributed by atoms with Gasteiger partial charge in [-0.15, -0.1) is 0 Å². The lowest BCUT2D eigenvalue weighted by molar-refractivity contribution is -0.116. The Balaban J connectivity index is 1.73. The highest BCUT2D eigenvalue weighted by molar-refractivity contribution is 7.71. The quantitative estimate of drug-likeness (QED) is 0.532. The Morgan fingerprint density at radius 3 is 2.41 bits per heavy atom. The van der Waals surface area contributed by atoms with Crippen LogP contribution in [0.1, 0.15) is 24.5 Å². The van der Waals surface area contributed by atoms with Gasteiger partial charge in [0.2, 0.25) is 11.8 Å². The number of carbonyl (C=O) groups is 2. The van der Waals surface area contributed by atoms with Crippen molar-refractivity contribution in [1.82, 2.24) is 14.8 Å². The molecule has 0 aliphatic rings. The molecule has 0 unspecified atom stereocenters. The maximum Gasteiger partial charge on any atom is 0.226 e. The number of rotatable bonds is 6. The molecule has 2 amide bonds. The molecule has 0 atom stereocenters. The molecule has 0 aliphatic carbocycles. The van der Waals surface area contributed by atoms with Crippen LogP contribution in [-0.2, 0) is 16.1 Å². The average Bonchev–Trinajstić information content (AvgIpc) is 3.03.